The van der Waals surface area contributed by atoms with Gasteiger partial charge >= 0.3 is 0 Å². The van der Waals surface area contributed by atoms with E-state index in [2.05, 4.69) is 4.72 Å². The van der Waals surface area contributed by atoms with Gasteiger partial charge in [0.25, 0.3) is 0 Å². The smallest absolute Gasteiger partial charge is 0.243 e. The molecule has 0 aliphatic heterocycles. The second kappa shape index (κ2) is 6.25. The fourth-order valence-electron chi connectivity index (χ4n) is 2.03. The summed E-state index contributed by atoms with van der Waals surface area (Å²) >= 11 is 0. The maximum atomic E-state index is 13.6. The SMILES string of the molecule is CN(C)CC(C)(C)CNS(=O)(=O)c1cc(N)c(F)cc1F. The Labute approximate surface area is 124 Å². The number of hydrogen-bond donors (Lipinski definition) is 2. The monoisotopic (exact) mass is 321 g/mol. The second-order valence-electron chi connectivity index (χ2n) is 6.03. The van der Waals surface area contributed by atoms with E-state index in [0.29, 0.717) is 12.6 Å². The van der Waals surface area contributed by atoms with E-state index in [1.807, 2.05) is 32.8 Å². The molecule has 0 unspecified atom stereocenters. The van der Waals surface area contributed by atoms with Gasteiger partial charge in [0.1, 0.15) is 16.5 Å². The van der Waals surface area contributed by atoms with Gasteiger partial charge in [0.15, 0.2) is 0 Å². The summed E-state index contributed by atoms with van der Waals surface area (Å²) in [6.07, 6.45) is 0. The second-order valence-corrected chi connectivity index (χ2v) is 7.77. The van der Waals surface area contributed by atoms with Crippen LogP contribution in [-0.4, -0.2) is 40.5 Å². The number of hydrogen-bond acceptors (Lipinski definition) is 4. The number of nitrogens with two attached hydrogens (primary N) is 1. The molecule has 0 saturated heterocycles. The van der Waals surface area contributed by atoms with E-state index in [1.165, 1.54) is 0 Å². The first-order valence-corrected chi connectivity index (χ1v) is 7.82. The highest BCUT2D eigenvalue weighted by Gasteiger charge is 2.25. The molecular weight excluding hydrogens is 300 g/mol. The highest BCUT2D eigenvalue weighted by atomic mass is 32.2. The van der Waals surface area contributed by atoms with Gasteiger partial charge in [0, 0.05) is 19.2 Å². The van der Waals surface area contributed by atoms with Crippen molar-refractivity contribution < 1.29 is 17.2 Å². The predicted octanol–water partition coefficient (Wildman–Crippen LogP) is 1.41. The van der Waals surface area contributed by atoms with Crippen LogP contribution in [0.3, 0.4) is 0 Å². The average Bonchev–Trinajstić information content (AvgIpc) is 2.30. The number of anilines is 1. The van der Waals surface area contributed by atoms with Crippen LogP contribution in [0.1, 0.15) is 13.8 Å². The molecule has 0 fully saturated rings. The lowest BCUT2D eigenvalue weighted by Gasteiger charge is -2.28. The fourth-order valence-corrected chi connectivity index (χ4v) is 3.36. The standard InChI is InChI=1S/C13H21F2N3O2S/c1-13(2,8-18(3)4)7-17-21(19,20)12-6-11(16)9(14)5-10(12)15/h5-6,17H,7-8,16H2,1-4H3. The molecule has 1 rings (SSSR count). The molecule has 1 aromatic carbocycles. The number of sulfonamides is 1. The summed E-state index contributed by atoms with van der Waals surface area (Å²) in [5.74, 6) is -2.15. The Hall–Kier alpha value is -1.25. The van der Waals surface area contributed by atoms with Gasteiger partial charge in [-0.15, -0.1) is 0 Å². The summed E-state index contributed by atoms with van der Waals surface area (Å²) in [5.41, 5.74) is 4.53. The van der Waals surface area contributed by atoms with E-state index < -0.39 is 32.2 Å². The lowest BCUT2D eigenvalue weighted by atomic mass is 9.93. The number of nitrogens with one attached hydrogen (secondary N) is 1. The molecule has 0 saturated carbocycles. The molecule has 3 N–H and O–H groups in total. The van der Waals surface area contributed by atoms with Crippen LogP contribution >= 0.6 is 0 Å². The molecule has 0 aliphatic rings. The minimum Gasteiger partial charge on any atom is -0.396 e. The molecule has 0 atom stereocenters. The van der Waals surface area contributed by atoms with Gasteiger partial charge in [-0.1, -0.05) is 13.8 Å². The molecule has 1 aromatic rings. The van der Waals surface area contributed by atoms with Gasteiger partial charge in [-0.2, -0.15) is 0 Å². The van der Waals surface area contributed by atoms with Gasteiger partial charge in [-0.25, -0.2) is 21.9 Å². The van der Waals surface area contributed by atoms with Crippen molar-refractivity contribution in [2.45, 2.75) is 18.7 Å². The minimum atomic E-state index is -4.09. The zero-order valence-electron chi connectivity index (χ0n) is 12.6. The number of benzene rings is 1. The van der Waals surface area contributed by atoms with Crippen molar-refractivity contribution >= 4 is 15.7 Å². The summed E-state index contributed by atoms with van der Waals surface area (Å²) < 4.78 is 53.3. The highest BCUT2D eigenvalue weighted by Crippen LogP contribution is 2.22. The third-order valence-electron chi connectivity index (χ3n) is 2.83. The largest absolute Gasteiger partial charge is 0.396 e. The van der Waals surface area contributed by atoms with Crippen molar-refractivity contribution in [1.82, 2.24) is 9.62 Å². The minimum absolute atomic E-state index is 0.115. The van der Waals surface area contributed by atoms with E-state index in [-0.39, 0.29) is 12.0 Å². The van der Waals surface area contributed by atoms with Crippen molar-refractivity contribution in [2.75, 3.05) is 32.9 Å². The zero-order valence-corrected chi connectivity index (χ0v) is 13.4. The van der Waals surface area contributed by atoms with E-state index in [9.17, 15) is 17.2 Å². The first kappa shape index (κ1) is 17.8. The molecule has 8 heteroatoms. The van der Waals surface area contributed by atoms with Crippen molar-refractivity contribution in [2.24, 2.45) is 5.41 Å². The van der Waals surface area contributed by atoms with E-state index in [4.69, 9.17) is 5.73 Å². The number of rotatable bonds is 6. The van der Waals surface area contributed by atoms with Crippen LogP contribution in [0.5, 0.6) is 0 Å². The molecule has 0 bridgehead atoms. The molecule has 0 aromatic heterocycles. The van der Waals surface area contributed by atoms with E-state index >= 15 is 0 Å². The Kier molecular flexibility index (Phi) is 5.30. The number of nitrogens with zero attached hydrogens (tertiary/aromatic N) is 1. The summed E-state index contributed by atoms with van der Waals surface area (Å²) in [7, 11) is -0.346. The molecule has 5 nitrogen and oxygen atoms in total. The van der Waals surface area contributed by atoms with E-state index in [1.54, 1.807) is 0 Å². The van der Waals surface area contributed by atoms with Crippen LogP contribution in [0.2, 0.25) is 0 Å². The fraction of sp³-hybridized carbons (Fsp3) is 0.538. The Morgan fingerprint density at radius 2 is 1.81 bits per heavy atom. The molecule has 0 amide bonds. The Morgan fingerprint density at radius 3 is 2.33 bits per heavy atom. The third kappa shape index (κ3) is 4.90. The molecular formula is C13H21F2N3O2S. The Bertz CT molecular complexity index is 616. The van der Waals surface area contributed by atoms with E-state index in [0.717, 1.165) is 6.07 Å². The topological polar surface area (TPSA) is 75.4 Å². The van der Waals surface area contributed by atoms with Gasteiger partial charge in [-0.05, 0) is 25.6 Å². The van der Waals surface area contributed by atoms with Gasteiger partial charge in [0.2, 0.25) is 10.0 Å². The lowest BCUT2D eigenvalue weighted by molar-refractivity contribution is 0.242. The lowest BCUT2D eigenvalue weighted by Crippen LogP contribution is -2.40. The molecule has 0 heterocycles. The van der Waals surface area contributed by atoms with Crippen LogP contribution in [0.15, 0.2) is 17.0 Å². The maximum absolute atomic E-state index is 13.6. The summed E-state index contributed by atoms with van der Waals surface area (Å²) in [4.78, 5) is 1.27. The normalized spacial score (nSPS) is 12.9. The first-order chi connectivity index (χ1) is 9.44. The van der Waals surface area contributed by atoms with Crippen molar-refractivity contribution in [1.29, 1.82) is 0 Å². The van der Waals surface area contributed by atoms with Crippen molar-refractivity contribution in [3.63, 3.8) is 0 Å². The quantitative estimate of drug-likeness (QED) is 0.777. The van der Waals surface area contributed by atoms with Gasteiger partial charge in [-0.3, -0.25) is 0 Å². The molecule has 0 radical (unpaired) electrons. The van der Waals surface area contributed by atoms with Crippen LogP contribution < -0.4 is 10.5 Å². The van der Waals surface area contributed by atoms with Gasteiger partial charge < -0.3 is 10.6 Å². The Morgan fingerprint density at radius 1 is 1.24 bits per heavy atom. The summed E-state index contributed by atoms with van der Waals surface area (Å²) in [6.45, 7) is 4.52. The summed E-state index contributed by atoms with van der Waals surface area (Å²) in [5, 5.41) is 0. The number of halogens is 2. The first-order valence-electron chi connectivity index (χ1n) is 6.33. The molecule has 21 heavy (non-hydrogen) atoms. The van der Waals surface area contributed by atoms with Crippen LogP contribution in [-0.2, 0) is 10.0 Å². The zero-order chi connectivity index (χ0) is 16.4. The van der Waals surface area contributed by atoms with Crippen molar-refractivity contribution in [3.05, 3.63) is 23.8 Å². The highest BCUT2D eigenvalue weighted by molar-refractivity contribution is 7.89. The maximum Gasteiger partial charge on any atom is 0.243 e. The van der Waals surface area contributed by atoms with Crippen LogP contribution in [0.25, 0.3) is 0 Å². The average molecular weight is 321 g/mol. The number of nitrogen functional groups attached to an aromatic ring is 1. The van der Waals surface area contributed by atoms with Gasteiger partial charge in [0.05, 0.1) is 5.69 Å². The molecule has 120 valence electrons. The summed E-state index contributed by atoms with van der Waals surface area (Å²) in [6, 6.07) is 1.25. The third-order valence-corrected chi connectivity index (χ3v) is 4.24. The molecule has 0 aliphatic carbocycles. The van der Waals surface area contributed by atoms with Crippen LogP contribution in [0, 0.1) is 17.0 Å². The van der Waals surface area contributed by atoms with Crippen molar-refractivity contribution in [3.8, 4) is 0 Å². The predicted molar refractivity (Wildman–Crippen MR) is 78.3 cm³/mol. The molecule has 0 spiro atoms. The Balaban J connectivity index is 2.95. The van der Waals surface area contributed by atoms with Crippen LogP contribution in [0.4, 0.5) is 14.5 Å².